The van der Waals surface area contributed by atoms with Gasteiger partial charge in [-0.1, -0.05) is 30.7 Å². The summed E-state index contributed by atoms with van der Waals surface area (Å²) in [5.74, 6) is 0. The molecule has 0 aliphatic heterocycles. The summed E-state index contributed by atoms with van der Waals surface area (Å²) in [6, 6.07) is 8.82. The Morgan fingerprint density at radius 3 is 2.50 bits per heavy atom. The van der Waals surface area contributed by atoms with Gasteiger partial charge < -0.3 is 15.2 Å². The van der Waals surface area contributed by atoms with Crippen LogP contribution in [0.15, 0.2) is 24.3 Å². The Morgan fingerprint density at radius 2 is 1.95 bits per heavy atom. The van der Waals surface area contributed by atoms with Gasteiger partial charge in [-0.25, -0.2) is 0 Å². The van der Waals surface area contributed by atoms with Crippen LogP contribution in [-0.4, -0.2) is 23.9 Å². The predicted octanol–water partition coefficient (Wildman–Crippen LogP) is 2.62. The van der Waals surface area contributed by atoms with Crippen molar-refractivity contribution in [2.24, 2.45) is 5.41 Å². The zero-order valence-electron chi connectivity index (χ0n) is 12.3. The van der Waals surface area contributed by atoms with Crippen LogP contribution in [0.5, 0.6) is 0 Å². The first-order valence-corrected chi connectivity index (χ1v) is 7.82. The predicted molar refractivity (Wildman–Crippen MR) is 79.3 cm³/mol. The Balaban J connectivity index is 1.53. The van der Waals surface area contributed by atoms with Crippen LogP contribution in [-0.2, 0) is 17.9 Å². The van der Waals surface area contributed by atoms with E-state index >= 15 is 0 Å². The summed E-state index contributed by atoms with van der Waals surface area (Å²) >= 11 is 0. The third kappa shape index (κ3) is 2.39. The molecule has 0 saturated heterocycles. The minimum atomic E-state index is 0.121. The zero-order valence-corrected chi connectivity index (χ0v) is 12.3. The maximum atomic E-state index is 9.05. The fourth-order valence-electron chi connectivity index (χ4n) is 3.73. The summed E-state index contributed by atoms with van der Waals surface area (Å²) in [6.45, 7) is 3.96. The molecule has 2 fully saturated rings. The van der Waals surface area contributed by atoms with Gasteiger partial charge in [0.15, 0.2) is 0 Å². The molecule has 3 nitrogen and oxygen atoms in total. The molecule has 2 aliphatic carbocycles. The largest absolute Gasteiger partial charge is 0.392 e. The molecule has 1 spiro atoms. The molecule has 3 rings (SSSR count). The van der Waals surface area contributed by atoms with E-state index in [1.807, 2.05) is 12.1 Å². The Morgan fingerprint density at radius 1 is 1.25 bits per heavy atom. The second kappa shape index (κ2) is 5.84. The average Bonchev–Trinajstić information content (AvgIpc) is 2.41. The summed E-state index contributed by atoms with van der Waals surface area (Å²) in [5, 5.41) is 12.8. The monoisotopic (exact) mass is 275 g/mol. The third-order valence-electron chi connectivity index (χ3n) is 5.20. The van der Waals surface area contributed by atoms with Gasteiger partial charge in [0.2, 0.25) is 0 Å². The molecule has 2 unspecified atom stereocenters. The van der Waals surface area contributed by atoms with Crippen molar-refractivity contribution in [2.45, 2.75) is 57.9 Å². The van der Waals surface area contributed by atoms with Crippen molar-refractivity contribution in [1.29, 1.82) is 0 Å². The highest BCUT2D eigenvalue weighted by Gasteiger charge is 2.58. The van der Waals surface area contributed by atoms with E-state index in [2.05, 4.69) is 24.4 Å². The van der Waals surface area contributed by atoms with E-state index in [1.165, 1.54) is 24.8 Å². The van der Waals surface area contributed by atoms with Gasteiger partial charge in [0.05, 0.1) is 12.7 Å². The standard InChI is InChI=1S/C17H25NO2/c1-2-20-16-10-15(17(16)8-3-9-17)18-11-13-4-6-14(12-19)7-5-13/h4-7,15-16,18-19H,2-3,8-12H2,1H3. The van der Waals surface area contributed by atoms with Gasteiger partial charge in [-0.05, 0) is 37.3 Å². The molecule has 3 heteroatoms. The molecular weight excluding hydrogens is 250 g/mol. The zero-order chi connectivity index (χ0) is 14.0. The van der Waals surface area contributed by atoms with E-state index in [4.69, 9.17) is 9.84 Å². The van der Waals surface area contributed by atoms with Crippen molar-refractivity contribution in [2.75, 3.05) is 6.61 Å². The number of benzene rings is 1. The normalized spacial score (nSPS) is 27.1. The Kier molecular flexibility index (Phi) is 4.11. The van der Waals surface area contributed by atoms with Crippen LogP contribution < -0.4 is 5.32 Å². The lowest BCUT2D eigenvalue weighted by Gasteiger charge is -2.61. The smallest absolute Gasteiger partial charge is 0.0681 e. The summed E-state index contributed by atoms with van der Waals surface area (Å²) in [6.07, 6.45) is 5.63. The second-order valence-electron chi connectivity index (χ2n) is 6.17. The van der Waals surface area contributed by atoms with Crippen molar-refractivity contribution < 1.29 is 9.84 Å². The van der Waals surface area contributed by atoms with Crippen LogP contribution in [0.1, 0.15) is 43.7 Å². The Bertz CT molecular complexity index is 439. The summed E-state index contributed by atoms with van der Waals surface area (Å²) in [4.78, 5) is 0. The minimum Gasteiger partial charge on any atom is -0.392 e. The molecule has 2 atom stereocenters. The SMILES string of the molecule is CCOC1CC(NCc2ccc(CO)cc2)C12CCC2. The van der Waals surface area contributed by atoms with E-state index in [-0.39, 0.29) is 6.61 Å². The van der Waals surface area contributed by atoms with Crippen molar-refractivity contribution in [3.05, 3.63) is 35.4 Å². The minimum absolute atomic E-state index is 0.121. The maximum Gasteiger partial charge on any atom is 0.0681 e. The highest BCUT2D eigenvalue weighted by Crippen LogP contribution is 2.57. The van der Waals surface area contributed by atoms with Crippen molar-refractivity contribution in [1.82, 2.24) is 5.32 Å². The summed E-state index contributed by atoms with van der Waals surface area (Å²) < 4.78 is 5.88. The topological polar surface area (TPSA) is 41.5 Å². The Labute approximate surface area is 121 Å². The molecule has 20 heavy (non-hydrogen) atoms. The first-order valence-electron chi connectivity index (χ1n) is 7.82. The first kappa shape index (κ1) is 14.1. The van der Waals surface area contributed by atoms with Crippen molar-refractivity contribution in [3.63, 3.8) is 0 Å². The molecule has 1 aromatic carbocycles. The molecule has 2 aliphatic rings. The molecule has 0 amide bonds. The lowest BCUT2D eigenvalue weighted by molar-refractivity contribution is -0.173. The Hall–Kier alpha value is -0.900. The van der Waals surface area contributed by atoms with Crippen molar-refractivity contribution in [3.8, 4) is 0 Å². The number of hydrogen-bond acceptors (Lipinski definition) is 3. The highest BCUT2D eigenvalue weighted by atomic mass is 16.5. The fourth-order valence-corrected chi connectivity index (χ4v) is 3.73. The van der Waals surface area contributed by atoms with E-state index < -0.39 is 0 Å². The maximum absolute atomic E-state index is 9.05. The van der Waals surface area contributed by atoms with Crippen LogP contribution in [0, 0.1) is 5.41 Å². The van der Waals surface area contributed by atoms with E-state index in [0.717, 1.165) is 25.1 Å². The van der Waals surface area contributed by atoms with Gasteiger partial charge >= 0.3 is 0 Å². The van der Waals surface area contributed by atoms with Gasteiger partial charge in [0.25, 0.3) is 0 Å². The molecule has 0 radical (unpaired) electrons. The quantitative estimate of drug-likeness (QED) is 0.838. The van der Waals surface area contributed by atoms with Gasteiger partial charge in [-0.3, -0.25) is 0 Å². The van der Waals surface area contributed by atoms with E-state index in [0.29, 0.717) is 17.6 Å². The number of hydrogen-bond donors (Lipinski definition) is 2. The third-order valence-corrected chi connectivity index (χ3v) is 5.20. The van der Waals surface area contributed by atoms with Gasteiger partial charge in [-0.15, -0.1) is 0 Å². The second-order valence-corrected chi connectivity index (χ2v) is 6.17. The number of nitrogens with one attached hydrogen (secondary N) is 1. The molecule has 0 aromatic heterocycles. The number of aliphatic hydroxyl groups is 1. The molecular formula is C17H25NO2. The fraction of sp³-hybridized carbons (Fsp3) is 0.647. The number of aliphatic hydroxyl groups excluding tert-OH is 1. The molecule has 2 N–H and O–H groups in total. The van der Waals surface area contributed by atoms with Gasteiger partial charge in [-0.2, -0.15) is 0 Å². The van der Waals surface area contributed by atoms with Crippen molar-refractivity contribution >= 4 is 0 Å². The lowest BCUT2D eigenvalue weighted by Crippen LogP contribution is -2.66. The van der Waals surface area contributed by atoms with Crippen LogP contribution in [0.2, 0.25) is 0 Å². The van der Waals surface area contributed by atoms with Crippen LogP contribution in [0.4, 0.5) is 0 Å². The number of rotatable bonds is 6. The lowest BCUT2D eigenvalue weighted by atomic mass is 9.51. The molecule has 0 bridgehead atoms. The van der Waals surface area contributed by atoms with Gasteiger partial charge in [0.1, 0.15) is 0 Å². The van der Waals surface area contributed by atoms with E-state index in [9.17, 15) is 0 Å². The van der Waals surface area contributed by atoms with Crippen LogP contribution >= 0.6 is 0 Å². The number of ether oxygens (including phenoxy) is 1. The summed E-state index contributed by atoms with van der Waals surface area (Å²) in [7, 11) is 0. The van der Waals surface area contributed by atoms with Crippen LogP contribution in [0.3, 0.4) is 0 Å². The van der Waals surface area contributed by atoms with E-state index in [1.54, 1.807) is 0 Å². The summed E-state index contributed by atoms with van der Waals surface area (Å²) in [5.41, 5.74) is 2.70. The highest BCUT2D eigenvalue weighted by molar-refractivity contribution is 5.22. The molecule has 2 saturated carbocycles. The van der Waals surface area contributed by atoms with Crippen LogP contribution in [0.25, 0.3) is 0 Å². The molecule has 0 heterocycles. The first-order chi connectivity index (χ1) is 9.78. The molecule has 110 valence electrons. The average molecular weight is 275 g/mol. The molecule has 1 aromatic rings. The van der Waals surface area contributed by atoms with Gasteiger partial charge in [0, 0.05) is 24.6 Å².